The molecular weight excluding hydrogens is 103 g/mol. The third-order valence-electron chi connectivity index (χ3n) is 1.80. The van der Waals surface area contributed by atoms with Crippen LogP contribution in [-0.2, 0) is 0 Å². The minimum atomic E-state index is 1.03. The summed E-state index contributed by atoms with van der Waals surface area (Å²) in [5, 5.41) is 0. The topological polar surface area (TPSA) is 0 Å². The Hall–Kier alpha value is 0.430. The Morgan fingerprint density at radius 2 is 2.14 bits per heavy atom. The van der Waals surface area contributed by atoms with Crippen LogP contribution in [0.2, 0.25) is 0 Å². The van der Waals surface area contributed by atoms with Gasteiger partial charge in [-0.25, -0.2) is 0 Å². The summed E-state index contributed by atoms with van der Waals surface area (Å²) in [7, 11) is 2.81. The van der Waals surface area contributed by atoms with Crippen LogP contribution in [0.1, 0.15) is 19.8 Å². The highest BCUT2D eigenvalue weighted by Gasteiger charge is 2.22. The summed E-state index contributed by atoms with van der Waals surface area (Å²) in [5.41, 5.74) is 0. The maximum atomic E-state index is 2.81. The molecule has 0 heterocycles. The van der Waals surface area contributed by atoms with Gasteiger partial charge in [-0.3, -0.25) is 0 Å². The molecule has 0 radical (unpaired) electrons. The van der Waals surface area contributed by atoms with Crippen molar-refractivity contribution in [3.8, 4) is 0 Å². The van der Waals surface area contributed by atoms with E-state index >= 15 is 0 Å². The second-order valence-electron chi connectivity index (χ2n) is 2.68. The molecule has 0 spiro atoms. The largest absolute Gasteiger partial charge is 0.137 e. The van der Waals surface area contributed by atoms with Crippen molar-refractivity contribution in [2.75, 3.05) is 6.16 Å². The summed E-state index contributed by atoms with van der Waals surface area (Å²) in [5.74, 6) is 2.09. The van der Waals surface area contributed by atoms with Crippen molar-refractivity contribution in [3.63, 3.8) is 0 Å². The molecule has 1 rings (SSSR count). The fraction of sp³-hybridized carbons (Fsp3) is 1.00. The van der Waals surface area contributed by atoms with Crippen LogP contribution in [0, 0.1) is 11.8 Å². The van der Waals surface area contributed by atoms with Crippen LogP contribution in [-0.4, -0.2) is 6.16 Å². The average molecular weight is 116 g/mol. The fourth-order valence-electron chi connectivity index (χ4n) is 1.26. The second-order valence-corrected chi connectivity index (χ2v) is 3.15. The summed E-state index contributed by atoms with van der Waals surface area (Å²) >= 11 is 0. The molecule has 0 amide bonds. The van der Waals surface area contributed by atoms with Gasteiger partial charge in [-0.2, -0.15) is 0 Å². The van der Waals surface area contributed by atoms with Crippen molar-refractivity contribution >= 4 is 9.24 Å². The van der Waals surface area contributed by atoms with Gasteiger partial charge in [-0.15, -0.1) is 9.24 Å². The number of hydrogen-bond donors (Lipinski definition) is 0. The Kier molecular flexibility index (Phi) is 1.69. The van der Waals surface area contributed by atoms with Gasteiger partial charge in [0.1, 0.15) is 0 Å². The molecule has 0 saturated heterocycles. The smallest absolute Gasteiger partial charge is 0.0352 e. The van der Waals surface area contributed by atoms with Crippen LogP contribution < -0.4 is 0 Å². The number of rotatable bonds is 1. The zero-order valence-electron chi connectivity index (χ0n) is 4.85. The first-order valence-corrected chi connectivity index (χ1v) is 3.84. The Morgan fingerprint density at radius 3 is 2.29 bits per heavy atom. The summed E-state index contributed by atoms with van der Waals surface area (Å²) < 4.78 is 0. The molecule has 1 saturated carbocycles. The van der Waals surface area contributed by atoms with Crippen LogP contribution in [0.4, 0.5) is 0 Å². The molecule has 0 aromatic heterocycles. The van der Waals surface area contributed by atoms with E-state index in [9.17, 15) is 0 Å². The molecule has 1 atom stereocenters. The van der Waals surface area contributed by atoms with Gasteiger partial charge in [-0.1, -0.05) is 6.92 Å². The predicted molar refractivity (Wildman–Crippen MR) is 36.5 cm³/mol. The van der Waals surface area contributed by atoms with Gasteiger partial charge in [0.2, 0.25) is 0 Å². The first kappa shape index (κ1) is 5.56. The van der Waals surface area contributed by atoms with Gasteiger partial charge in [0.25, 0.3) is 0 Å². The fourth-order valence-corrected chi connectivity index (χ4v) is 1.65. The van der Waals surface area contributed by atoms with Gasteiger partial charge in [0, 0.05) is 0 Å². The molecule has 1 unspecified atom stereocenters. The van der Waals surface area contributed by atoms with E-state index in [4.69, 9.17) is 0 Å². The molecular formula is C6H13P. The summed E-state index contributed by atoms with van der Waals surface area (Å²) in [6.07, 6.45) is 4.28. The van der Waals surface area contributed by atoms with E-state index in [1.54, 1.807) is 0 Å². The highest BCUT2D eigenvalue weighted by atomic mass is 31.0. The first-order chi connectivity index (χ1) is 3.33. The Morgan fingerprint density at radius 1 is 1.57 bits per heavy atom. The van der Waals surface area contributed by atoms with E-state index in [2.05, 4.69) is 16.2 Å². The maximum Gasteiger partial charge on any atom is -0.0352 e. The molecule has 0 N–H and O–H groups in total. The van der Waals surface area contributed by atoms with Crippen LogP contribution in [0.15, 0.2) is 0 Å². The molecule has 1 fully saturated rings. The lowest BCUT2D eigenvalue weighted by atomic mass is 9.77. The lowest BCUT2D eigenvalue weighted by Crippen LogP contribution is -2.21. The van der Waals surface area contributed by atoms with Crippen molar-refractivity contribution in [1.29, 1.82) is 0 Å². The van der Waals surface area contributed by atoms with Gasteiger partial charge in [0.15, 0.2) is 0 Å². The van der Waals surface area contributed by atoms with Crippen molar-refractivity contribution in [1.82, 2.24) is 0 Å². The van der Waals surface area contributed by atoms with Gasteiger partial charge < -0.3 is 0 Å². The summed E-state index contributed by atoms with van der Waals surface area (Å²) in [6, 6.07) is 0. The molecule has 0 nitrogen and oxygen atoms in total. The lowest BCUT2D eigenvalue weighted by molar-refractivity contribution is 0.238. The molecule has 1 heteroatoms. The van der Waals surface area contributed by atoms with Crippen molar-refractivity contribution < 1.29 is 0 Å². The van der Waals surface area contributed by atoms with E-state index in [1.165, 1.54) is 19.0 Å². The monoisotopic (exact) mass is 116 g/mol. The highest BCUT2D eigenvalue weighted by molar-refractivity contribution is 7.16. The van der Waals surface area contributed by atoms with Crippen molar-refractivity contribution in [2.45, 2.75) is 19.8 Å². The summed E-state index contributed by atoms with van der Waals surface area (Å²) in [4.78, 5) is 0. The van der Waals surface area contributed by atoms with Crippen molar-refractivity contribution in [2.24, 2.45) is 11.8 Å². The zero-order chi connectivity index (χ0) is 5.28. The lowest BCUT2D eigenvalue weighted by Gasteiger charge is -2.31. The Labute approximate surface area is 47.9 Å². The van der Waals surface area contributed by atoms with E-state index in [0.29, 0.717) is 0 Å². The molecule has 1 aliphatic rings. The standard InChI is InChI=1S/C6H13P/c1-5-2-6(3-5)4-7/h5-6H,2-4,7H2,1H3. The minimum Gasteiger partial charge on any atom is -0.137 e. The van der Waals surface area contributed by atoms with Crippen molar-refractivity contribution in [3.05, 3.63) is 0 Å². The molecule has 7 heavy (non-hydrogen) atoms. The van der Waals surface area contributed by atoms with Gasteiger partial charge in [-0.05, 0) is 30.8 Å². The number of hydrogen-bond acceptors (Lipinski definition) is 0. The van der Waals surface area contributed by atoms with Crippen LogP contribution >= 0.6 is 9.24 Å². The van der Waals surface area contributed by atoms with Crippen LogP contribution in [0.25, 0.3) is 0 Å². The van der Waals surface area contributed by atoms with Crippen LogP contribution in [0.3, 0.4) is 0 Å². The van der Waals surface area contributed by atoms with Gasteiger partial charge in [0.05, 0.1) is 0 Å². The van der Waals surface area contributed by atoms with E-state index < -0.39 is 0 Å². The predicted octanol–water partition coefficient (Wildman–Crippen LogP) is 1.91. The minimum absolute atomic E-state index is 1.03. The second kappa shape index (κ2) is 2.13. The Bertz CT molecular complexity index is 55.2. The highest BCUT2D eigenvalue weighted by Crippen LogP contribution is 2.33. The van der Waals surface area contributed by atoms with E-state index in [-0.39, 0.29) is 0 Å². The first-order valence-electron chi connectivity index (χ1n) is 3.03. The molecule has 0 bridgehead atoms. The molecule has 1 aliphatic carbocycles. The SMILES string of the molecule is CC1CC(CP)C1. The zero-order valence-corrected chi connectivity index (χ0v) is 6.01. The van der Waals surface area contributed by atoms with Crippen LogP contribution in [0.5, 0.6) is 0 Å². The normalized spacial score (nSPS) is 40.3. The molecule has 0 aliphatic heterocycles. The third kappa shape index (κ3) is 1.16. The maximum absolute atomic E-state index is 2.81. The molecule has 0 aromatic carbocycles. The Balaban J connectivity index is 2.06. The third-order valence-corrected chi connectivity index (χ3v) is 2.47. The quantitative estimate of drug-likeness (QED) is 0.459. The summed E-state index contributed by atoms with van der Waals surface area (Å²) in [6.45, 7) is 2.33. The molecule has 42 valence electrons. The molecule has 0 aromatic rings. The average Bonchev–Trinajstić information content (AvgIpc) is 1.58. The van der Waals surface area contributed by atoms with E-state index in [0.717, 1.165) is 11.8 Å². The van der Waals surface area contributed by atoms with Gasteiger partial charge >= 0.3 is 0 Å². The van der Waals surface area contributed by atoms with E-state index in [1.807, 2.05) is 0 Å².